The third-order valence-corrected chi connectivity index (χ3v) is 3.14. The number of hydrogen-bond donors (Lipinski definition) is 2. The van der Waals surface area contributed by atoms with Gasteiger partial charge in [-0.05, 0) is 40.5 Å². The Bertz CT molecular complexity index is 180. The lowest BCUT2D eigenvalue weighted by Crippen LogP contribution is -2.49. The molecule has 0 spiro atoms. The van der Waals surface area contributed by atoms with E-state index in [0.717, 1.165) is 26.0 Å². The molecule has 14 heavy (non-hydrogen) atoms. The first-order chi connectivity index (χ1) is 6.33. The standard InChI is InChI=1S/C11H23NO2/c1-9(10(2,3)13)12-8-11(4)6-5-7-14-11/h9,12-13H,5-8H2,1-4H3. The highest BCUT2D eigenvalue weighted by atomic mass is 16.5. The molecular formula is C11H23NO2. The first-order valence-electron chi connectivity index (χ1n) is 5.43. The van der Waals surface area contributed by atoms with Crippen LogP contribution in [0.3, 0.4) is 0 Å². The second kappa shape index (κ2) is 4.17. The van der Waals surface area contributed by atoms with Gasteiger partial charge in [-0.25, -0.2) is 0 Å². The molecule has 84 valence electrons. The van der Waals surface area contributed by atoms with Crippen molar-refractivity contribution in [2.75, 3.05) is 13.2 Å². The predicted molar refractivity (Wildman–Crippen MR) is 57.4 cm³/mol. The summed E-state index contributed by atoms with van der Waals surface area (Å²) in [6.07, 6.45) is 2.26. The number of rotatable bonds is 4. The van der Waals surface area contributed by atoms with Crippen molar-refractivity contribution in [1.29, 1.82) is 0 Å². The minimum atomic E-state index is -0.672. The predicted octanol–water partition coefficient (Wildman–Crippen LogP) is 1.30. The van der Waals surface area contributed by atoms with Crippen LogP contribution in [0.25, 0.3) is 0 Å². The Balaban J connectivity index is 2.33. The Morgan fingerprint density at radius 1 is 1.57 bits per heavy atom. The molecule has 2 unspecified atom stereocenters. The van der Waals surface area contributed by atoms with E-state index in [4.69, 9.17) is 4.74 Å². The third kappa shape index (κ3) is 3.23. The Labute approximate surface area is 86.8 Å². The summed E-state index contributed by atoms with van der Waals surface area (Å²) in [7, 11) is 0. The molecule has 0 radical (unpaired) electrons. The van der Waals surface area contributed by atoms with Crippen molar-refractivity contribution in [2.45, 2.75) is 57.8 Å². The summed E-state index contributed by atoms with van der Waals surface area (Å²) in [6.45, 7) is 9.46. The number of nitrogens with one attached hydrogen (secondary N) is 1. The van der Waals surface area contributed by atoms with Gasteiger partial charge in [-0.1, -0.05) is 0 Å². The smallest absolute Gasteiger partial charge is 0.0779 e. The molecule has 0 aromatic carbocycles. The summed E-state index contributed by atoms with van der Waals surface area (Å²) >= 11 is 0. The second-order valence-electron chi connectivity index (χ2n) is 5.16. The fourth-order valence-corrected chi connectivity index (χ4v) is 1.60. The first kappa shape index (κ1) is 12.0. The molecule has 0 bridgehead atoms. The SMILES string of the molecule is CC(NCC1(C)CCCO1)C(C)(C)O. The van der Waals surface area contributed by atoms with Crippen LogP contribution in [0.15, 0.2) is 0 Å². The lowest BCUT2D eigenvalue weighted by atomic mass is 9.98. The third-order valence-electron chi connectivity index (χ3n) is 3.14. The van der Waals surface area contributed by atoms with Crippen LogP contribution >= 0.6 is 0 Å². The van der Waals surface area contributed by atoms with Crippen LogP contribution in [0.4, 0.5) is 0 Å². The second-order valence-corrected chi connectivity index (χ2v) is 5.16. The van der Waals surface area contributed by atoms with Gasteiger partial charge in [0.15, 0.2) is 0 Å². The zero-order valence-corrected chi connectivity index (χ0v) is 9.76. The van der Waals surface area contributed by atoms with E-state index in [1.807, 2.05) is 20.8 Å². The fraction of sp³-hybridized carbons (Fsp3) is 1.00. The molecule has 1 saturated heterocycles. The summed E-state index contributed by atoms with van der Waals surface area (Å²) in [5.41, 5.74) is -0.700. The topological polar surface area (TPSA) is 41.5 Å². The van der Waals surface area contributed by atoms with Gasteiger partial charge in [0.2, 0.25) is 0 Å². The maximum absolute atomic E-state index is 9.74. The van der Waals surface area contributed by atoms with Gasteiger partial charge in [0.25, 0.3) is 0 Å². The van der Waals surface area contributed by atoms with Gasteiger partial charge in [0, 0.05) is 19.2 Å². The van der Waals surface area contributed by atoms with Gasteiger partial charge in [0.1, 0.15) is 0 Å². The van der Waals surface area contributed by atoms with E-state index in [9.17, 15) is 5.11 Å². The molecule has 0 aliphatic carbocycles. The normalized spacial score (nSPS) is 30.6. The zero-order chi connectivity index (χ0) is 10.8. The van der Waals surface area contributed by atoms with Gasteiger partial charge in [0.05, 0.1) is 11.2 Å². The Hall–Kier alpha value is -0.120. The molecule has 0 aromatic rings. The van der Waals surface area contributed by atoms with E-state index in [2.05, 4.69) is 12.2 Å². The van der Waals surface area contributed by atoms with Gasteiger partial charge in [-0.15, -0.1) is 0 Å². The van der Waals surface area contributed by atoms with Crippen molar-refractivity contribution in [1.82, 2.24) is 5.32 Å². The molecule has 2 atom stereocenters. The molecule has 1 rings (SSSR count). The highest BCUT2D eigenvalue weighted by Gasteiger charge is 2.31. The first-order valence-corrected chi connectivity index (χ1v) is 5.43. The molecule has 1 fully saturated rings. The Kier molecular flexibility index (Phi) is 3.56. The fourth-order valence-electron chi connectivity index (χ4n) is 1.60. The minimum Gasteiger partial charge on any atom is -0.389 e. The Morgan fingerprint density at radius 2 is 2.21 bits per heavy atom. The van der Waals surface area contributed by atoms with Gasteiger partial charge >= 0.3 is 0 Å². The molecule has 1 aliphatic heterocycles. The Morgan fingerprint density at radius 3 is 2.64 bits per heavy atom. The van der Waals surface area contributed by atoms with E-state index in [1.54, 1.807) is 0 Å². The lowest BCUT2D eigenvalue weighted by Gasteiger charge is -2.31. The molecule has 0 amide bonds. The van der Waals surface area contributed by atoms with E-state index in [0.29, 0.717) is 0 Å². The van der Waals surface area contributed by atoms with E-state index >= 15 is 0 Å². The number of hydrogen-bond acceptors (Lipinski definition) is 3. The highest BCUT2D eigenvalue weighted by molar-refractivity contribution is 4.87. The van der Waals surface area contributed by atoms with Crippen molar-refractivity contribution < 1.29 is 9.84 Å². The van der Waals surface area contributed by atoms with E-state index in [-0.39, 0.29) is 11.6 Å². The average molecular weight is 201 g/mol. The van der Waals surface area contributed by atoms with Crippen LogP contribution in [0, 0.1) is 0 Å². The molecule has 2 N–H and O–H groups in total. The molecule has 3 nitrogen and oxygen atoms in total. The molecule has 0 aromatic heterocycles. The van der Waals surface area contributed by atoms with Crippen LogP contribution in [0.5, 0.6) is 0 Å². The van der Waals surface area contributed by atoms with Crippen LogP contribution in [-0.4, -0.2) is 35.5 Å². The van der Waals surface area contributed by atoms with Crippen LogP contribution in [0.1, 0.15) is 40.5 Å². The molecule has 1 aliphatic rings. The zero-order valence-electron chi connectivity index (χ0n) is 9.76. The van der Waals surface area contributed by atoms with Crippen LogP contribution in [0.2, 0.25) is 0 Å². The molecule has 1 heterocycles. The molecule has 3 heteroatoms. The van der Waals surface area contributed by atoms with Gasteiger partial charge < -0.3 is 15.2 Å². The van der Waals surface area contributed by atoms with Gasteiger partial charge in [-0.3, -0.25) is 0 Å². The van der Waals surface area contributed by atoms with E-state index in [1.165, 1.54) is 0 Å². The maximum atomic E-state index is 9.74. The highest BCUT2D eigenvalue weighted by Crippen LogP contribution is 2.24. The monoisotopic (exact) mass is 201 g/mol. The van der Waals surface area contributed by atoms with Crippen molar-refractivity contribution in [3.05, 3.63) is 0 Å². The number of ether oxygens (including phenoxy) is 1. The van der Waals surface area contributed by atoms with Crippen molar-refractivity contribution in [2.24, 2.45) is 0 Å². The molecular weight excluding hydrogens is 178 g/mol. The minimum absolute atomic E-state index is 0.0283. The quantitative estimate of drug-likeness (QED) is 0.720. The van der Waals surface area contributed by atoms with Gasteiger partial charge in [-0.2, -0.15) is 0 Å². The summed E-state index contributed by atoms with van der Waals surface area (Å²) in [4.78, 5) is 0. The summed E-state index contributed by atoms with van der Waals surface area (Å²) in [5, 5.41) is 13.1. The van der Waals surface area contributed by atoms with Crippen LogP contribution < -0.4 is 5.32 Å². The number of aliphatic hydroxyl groups is 1. The van der Waals surface area contributed by atoms with Crippen LogP contribution in [-0.2, 0) is 4.74 Å². The largest absolute Gasteiger partial charge is 0.389 e. The summed E-state index contributed by atoms with van der Waals surface area (Å²) in [6, 6.07) is 0.0866. The summed E-state index contributed by atoms with van der Waals surface area (Å²) < 4.78 is 5.66. The van der Waals surface area contributed by atoms with E-state index < -0.39 is 5.60 Å². The maximum Gasteiger partial charge on any atom is 0.0779 e. The molecule has 0 saturated carbocycles. The lowest BCUT2D eigenvalue weighted by molar-refractivity contribution is 0.00129. The summed E-state index contributed by atoms with van der Waals surface area (Å²) in [5.74, 6) is 0. The van der Waals surface area contributed by atoms with Crippen molar-refractivity contribution in [3.8, 4) is 0 Å². The van der Waals surface area contributed by atoms with Crippen molar-refractivity contribution >= 4 is 0 Å². The average Bonchev–Trinajstić information content (AvgIpc) is 2.47. The van der Waals surface area contributed by atoms with Crippen molar-refractivity contribution in [3.63, 3.8) is 0 Å².